The van der Waals surface area contributed by atoms with E-state index in [2.05, 4.69) is 10.5 Å². The molecule has 4 aromatic rings. The van der Waals surface area contributed by atoms with Gasteiger partial charge < -0.3 is 9.47 Å². The van der Waals surface area contributed by atoms with Crippen molar-refractivity contribution in [3.8, 4) is 11.5 Å². The Kier molecular flexibility index (Phi) is 7.22. The SMILES string of the molecule is CCOc1ccc2ccccc2c1/C=N\NC(=O)c1ccccc1OCc1ccccc1Cl. The quantitative estimate of drug-likeness (QED) is 0.251. The van der Waals surface area contributed by atoms with Crippen LogP contribution in [0.3, 0.4) is 0 Å². The maximum absolute atomic E-state index is 12.8. The van der Waals surface area contributed by atoms with E-state index in [1.807, 2.05) is 67.6 Å². The first-order chi connectivity index (χ1) is 16.2. The Morgan fingerprint density at radius 1 is 0.909 bits per heavy atom. The molecule has 4 aromatic carbocycles. The van der Waals surface area contributed by atoms with Gasteiger partial charge in [0.2, 0.25) is 0 Å². The summed E-state index contributed by atoms with van der Waals surface area (Å²) in [5, 5.41) is 6.87. The van der Waals surface area contributed by atoms with Crippen LogP contribution in [0, 0.1) is 0 Å². The highest BCUT2D eigenvalue weighted by Gasteiger charge is 2.13. The average Bonchev–Trinajstić information content (AvgIpc) is 2.85. The molecule has 0 fully saturated rings. The molecule has 0 aliphatic carbocycles. The first-order valence-electron chi connectivity index (χ1n) is 10.6. The molecule has 0 unspecified atom stereocenters. The van der Waals surface area contributed by atoms with Crippen LogP contribution in [0.4, 0.5) is 0 Å². The number of para-hydroxylation sites is 1. The number of nitrogens with zero attached hydrogens (tertiary/aromatic N) is 1. The van der Waals surface area contributed by atoms with E-state index in [1.165, 1.54) is 0 Å². The van der Waals surface area contributed by atoms with Gasteiger partial charge in [0, 0.05) is 16.1 Å². The third kappa shape index (κ3) is 5.33. The molecule has 6 heteroatoms. The second-order valence-corrected chi connectivity index (χ2v) is 7.61. The summed E-state index contributed by atoms with van der Waals surface area (Å²) in [6.07, 6.45) is 1.61. The van der Waals surface area contributed by atoms with Crippen LogP contribution in [0.25, 0.3) is 10.8 Å². The Hall–Kier alpha value is -3.83. The fraction of sp³-hybridized carbons (Fsp3) is 0.111. The Balaban J connectivity index is 1.52. The third-order valence-electron chi connectivity index (χ3n) is 5.06. The van der Waals surface area contributed by atoms with E-state index in [0.717, 1.165) is 21.9 Å². The Labute approximate surface area is 197 Å². The van der Waals surface area contributed by atoms with Crippen molar-refractivity contribution in [2.75, 3.05) is 6.61 Å². The molecular weight excluding hydrogens is 436 g/mol. The lowest BCUT2D eigenvalue weighted by Gasteiger charge is -2.12. The molecule has 0 heterocycles. The number of amides is 1. The molecule has 0 bridgehead atoms. The molecular formula is C27H23ClN2O3. The van der Waals surface area contributed by atoms with Crippen molar-refractivity contribution in [1.82, 2.24) is 5.43 Å². The van der Waals surface area contributed by atoms with Gasteiger partial charge in [-0.15, -0.1) is 0 Å². The van der Waals surface area contributed by atoms with Crippen molar-refractivity contribution in [2.45, 2.75) is 13.5 Å². The first-order valence-corrected chi connectivity index (χ1v) is 11.0. The zero-order valence-electron chi connectivity index (χ0n) is 18.1. The van der Waals surface area contributed by atoms with E-state index in [0.29, 0.717) is 28.7 Å². The standard InChI is InChI=1S/C27H23ClN2O3/c1-2-32-26-16-15-19-9-3-5-11-21(19)23(26)17-29-30-27(31)22-12-6-8-14-25(22)33-18-20-10-4-7-13-24(20)28/h3-17H,2,18H2,1H3,(H,30,31)/b29-17-. The van der Waals surface area contributed by atoms with Crippen LogP contribution in [0.5, 0.6) is 11.5 Å². The molecule has 5 nitrogen and oxygen atoms in total. The topological polar surface area (TPSA) is 59.9 Å². The summed E-state index contributed by atoms with van der Waals surface area (Å²) in [5.41, 5.74) is 4.62. The average molecular weight is 459 g/mol. The molecule has 0 saturated carbocycles. The summed E-state index contributed by atoms with van der Waals surface area (Å²) in [6.45, 7) is 2.71. The number of hydrogen-bond donors (Lipinski definition) is 1. The van der Waals surface area contributed by atoms with Gasteiger partial charge in [-0.05, 0) is 42.0 Å². The van der Waals surface area contributed by atoms with Crippen LogP contribution in [0.1, 0.15) is 28.4 Å². The van der Waals surface area contributed by atoms with Crippen LogP contribution in [0.2, 0.25) is 5.02 Å². The predicted octanol–water partition coefficient (Wildman–Crippen LogP) is 6.23. The van der Waals surface area contributed by atoms with E-state index < -0.39 is 0 Å². The molecule has 166 valence electrons. The van der Waals surface area contributed by atoms with Crippen LogP contribution in [0.15, 0.2) is 90.0 Å². The lowest BCUT2D eigenvalue weighted by Crippen LogP contribution is -2.18. The Bertz CT molecular complexity index is 1300. The summed E-state index contributed by atoms with van der Waals surface area (Å²) in [5.74, 6) is 0.780. The monoisotopic (exact) mass is 458 g/mol. The van der Waals surface area contributed by atoms with E-state index in [1.54, 1.807) is 30.5 Å². The second kappa shape index (κ2) is 10.7. The van der Waals surface area contributed by atoms with E-state index in [4.69, 9.17) is 21.1 Å². The summed E-state index contributed by atoms with van der Waals surface area (Å²) >= 11 is 6.21. The number of carbonyl (C=O) groups is 1. The molecule has 0 aromatic heterocycles. The van der Waals surface area contributed by atoms with Crippen LogP contribution < -0.4 is 14.9 Å². The molecule has 0 spiro atoms. The highest BCUT2D eigenvalue weighted by molar-refractivity contribution is 6.31. The molecule has 1 amide bonds. The lowest BCUT2D eigenvalue weighted by molar-refractivity contribution is 0.0950. The van der Waals surface area contributed by atoms with Crippen molar-refractivity contribution < 1.29 is 14.3 Å². The van der Waals surface area contributed by atoms with Crippen LogP contribution in [-0.2, 0) is 6.61 Å². The summed E-state index contributed by atoms with van der Waals surface area (Å²) < 4.78 is 11.6. The first kappa shape index (κ1) is 22.4. The highest BCUT2D eigenvalue weighted by Crippen LogP contribution is 2.27. The highest BCUT2D eigenvalue weighted by atomic mass is 35.5. The fourth-order valence-corrected chi connectivity index (χ4v) is 3.65. The minimum Gasteiger partial charge on any atom is -0.493 e. The minimum atomic E-state index is -0.376. The zero-order valence-corrected chi connectivity index (χ0v) is 18.9. The number of benzene rings is 4. The molecule has 0 atom stereocenters. The molecule has 4 rings (SSSR count). The van der Waals surface area contributed by atoms with Gasteiger partial charge in [-0.3, -0.25) is 4.79 Å². The Morgan fingerprint density at radius 3 is 2.52 bits per heavy atom. The zero-order chi connectivity index (χ0) is 23.0. The maximum Gasteiger partial charge on any atom is 0.275 e. The van der Waals surface area contributed by atoms with Gasteiger partial charge in [0.15, 0.2) is 0 Å². The van der Waals surface area contributed by atoms with Gasteiger partial charge in [0.25, 0.3) is 5.91 Å². The van der Waals surface area contributed by atoms with E-state index in [9.17, 15) is 4.79 Å². The van der Waals surface area contributed by atoms with Gasteiger partial charge in [-0.2, -0.15) is 5.10 Å². The summed E-state index contributed by atoms with van der Waals surface area (Å²) in [4.78, 5) is 12.8. The minimum absolute atomic E-state index is 0.251. The lowest BCUT2D eigenvalue weighted by atomic mass is 10.0. The number of hydrogen-bond acceptors (Lipinski definition) is 4. The normalized spacial score (nSPS) is 11.0. The Morgan fingerprint density at radius 2 is 1.67 bits per heavy atom. The van der Waals surface area contributed by atoms with Crippen molar-refractivity contribution in [2.24, 2.45) is 5.10 Å². The van der Waals surface area contributed by atoms with Gasteiger partial charge in [0.05, 0.1) is 18.4 Å². The van der Waals surface area contributed by atoms with Gasteiger partial charge in [-0.25, -0.2) is 5.43 Å². The number of hydrazone groups is 1. The summed E-state index contributed by atoms with van der Waals surface area (Å²) in [7, 11) is 0. The molecule has 0 radical (unpaired) electrons. The number of halogens is 1. The van der Waals surface area contributed by atoms with Gasteiger partial charge >= 0.3 is 0 Å². The van der Waals surface area contributed by atoms with Crippen molar-refractivity contribution in [3.05, 3.63) is 107 Å². The molecule has 0 aliphatic rings. The van der Waals surface area contributed by atoms with E-state index in [-0.39, 0.29) is 12.5 Å². The number of nitrogens with one attached hydrogen (secondary N) is 1. The smallest absolute Gasteiger partial charge is 0.275 e. The van der Waals surface area contributed by atoms with Crippen LogP contribution >= 0.6 is 11.6 Å². The molecule has 33 heavy (non-hydrogen) atoms. The third-order valence-corrected chi connectivity index (χ3v) is 5.43. The molecule has 0 aliphatic heterocycles. The van der Waals surface area contributed by atoms with Gasteiger partial charge in [-0.1, -0.05) is 72.3 Å². The predicted molar refractivity (Wildman–Crippen MR) is 132 cm³/mol. The molecule has 1 N–H and O–H groups in total. The maximum atomic E-state index is 12.8. The number of fused-ring (bicyclic) bond motifs is 1. The largest absolute Gasteiger partial charge is 0.493 e. The number of carbonyl (C=O) groups excluding carboxylic acids is 1. The number of ether oxygens (including phenoxy) is 2. The second-order valence-electron chi connectivity index (χ2n) is 7.21. The number of rotatable bonds is 8. The van der Waals surface area contributed by atoms with Crippen molar-refractivity contribution in [1.29, 1.82) is 0 Å². The van der Waals surface area contributed by atoms with Crippen LogP contribution in [-0.4, -0.2) is 18.7 Å². The van der Waals surface area contributed by atoms with Crippen molar-refractivity contribution in [3.63, 3.8) is 0 Å². The van der Waals surface area contributed by atoms with Crippen molar-refractivity contribution >= 4 is 34.5 Å². The summed E-state index contributed by atoms with van der Waals surface area (Å²) in [6, 6.07) is 26.3. The van der Waals surface area contributed by atoms with E-state index >= 15 is 0 Å². The fourth-order valence-electron chi connectivity index (χ4n) is 3.46. The molecule has 0 saturated heterocycles. The van der Waals surface area contributed by atoms with Gasteiger partial charge in [0.1, 0.15) is 18.1 Å².